The molecule has 2 heterocycles. The summed E-state index contributed by atoms with van der Waals surface area (Å²) in [4.78, 5) is 15.9. The lowest BCUT2D eigenvalue weighted by Crippen LogP contribution is -2.45. The van der Waals surface area contributed by atoms with E-state index in [4.69, 9.17) is 0 Å². The third kappa shape index (κ3) is 3.21. The Kier molecular flexibility index (Phi) is 4.88. The number of carbonyl (C=O) groups excluding carboxylic acids is 1. The van der Waals surface area contributed by atoms with E-state index in [1.165, 1.54) is 6.42 Å². The molecule has 2 aromatic rings. The Morgan fingerprint density at radius 1 is 1.04 bits per heavy atom. The first kappa shape index (κ1) is 17.7. The van der Waals surface area contributed by atoms with Crippen LogP contribution < -0.4 is 4.90 Å². The van der Waals surface area contributed by atoms with Gasteiger partial charge in [-0.2, -0.15) is 11.3 Å². The van der Waals surface area contributed by atoms with Crippen molar-refractivity contribution in [2.75, 3.05) is 10.7 Å². The number of benzene rings is 1. The molecule has 1 aromatic heterocycles. The van der Waals surface area contributed by atoms with Crippen LogP contribution in [0.3, 0.4) is 0 Å². The molecule has 1 aromatic carbocycles. The van der Waals surface area contributed by atoms with Crippen LogP contribution in [0.2, 0.25) is 0 Å². The highest BCUT2D eigenvalue weighted by Crippen LogP contribution is 2.38. The van der Waals surface area contributed by atoms with E-state index in [-0.39, 0.29) is 23.6 Å². The summed E-state index contributed by atoms with van der Waals surface area (Å²) in [5.74, 6) is -0.281. The molecule has 1 amide bonds. The van der Waals surface area contributed by atoms with Crippen molar-refractivity contribution < 1.29 is 13.2 Å². The van der Waals surface area contributed by atoms with Crippen LogP contribution in [-0.2, 0) is 14.6 Å². The highest BCUT2D eigenvalue weighted by Gasteiger charge is 2.38. The molecule has 1 saturated carbocycles. The molecule has 0 bridgehead atoms. The van der Waals surface area contributed by atoms with Gasteiger partial charge in [0, 0.05) is 11.4 Å². The molecule has 0 spiro atoms. The summed E-state index contributed by atoms with van der Waals surface area (Å²) in [6.45, 7) is 0. The van der Waals surface area contributed by atoms with Gasteiger partial charge >= 0.3 is 0 Å². The maximum atomic E-state index is 13.6. The Hall–Kier alpha value is -1.66. The fraction of sp³-hybridized carbons (Fsp3) is 0.450. The zero-order chi connectivity index (χ0) is 18.1. The number of hydrogen-bond donors (Lipinski definition) is 0. The Morgan fingerprint density at radius 3 is 2.54 bits per heavy atom. The van der Waals surface area contributed by atoms with E-state index in [2.05, 4.69) is 0 Å². The molecule has 1 atom stereocenters. The van der Waals surface area contributed by atoms with Gasteiger partial charge in [0.25, 0.3) is 0 Å². The number of fused-ring (bicyclic) bond motifs is 1. The molecule has 0 N–H and O–H groups in total. The number of nitrogens with zero attached hydrogens (tertiary/aromatic N) is 1. The molecule has 2 aliphatic rings. The van der Waals surface area contributed by atoms with Crippen molar-refractivity contribution >= 4 is 32.8 Å². The van der Waals surface area contributed by atoms with Gasteiger partial charge in [-0.05, 0) is 42.3 Å². The minimum atomic E-state index is -3.28. The lowest BCUT2D eigenvalue weighted by molar-refractivity contribution is -0.120. The van der Waals surface area contributed by atoms with E-state index < -0.39 is 9.84 Å². The fourth-order valence-electron chi connectivity index (χ4n) is 4.27. The smallest absolute Gasteiger partial charge is 0.234 e. The topological polar surface area (TPSA) is 54.5 Å². The van der Waals surface area contributed by atoms with Crippen molar-refractivity contribution in [3.05, 3.63) is 46.7 Å². The van der Waals surface area contributed by atoms with Gasteiger partial charge < -0.3 is 4.90 Å². The summed E-state index contributed by atoms with van der Waals surface area (Å²) in [7, 11) is -3.28. The summed E-state index contributed by atoms with van der Waals surface area (Å²) in [6, 6.07) is 9.23. The van der Waals surface area contributed by atoms with E-state index in [1.807, 2.05) is 27.8 Å². The Morgan fingerprint density at radius 2 is 1.81 bits per heavy atom. The van der Waals surface area contributed by atoms with Gasteiger partial charge in [0.2, 0.25) is 5.91 Å². The number of amides is 1. The monoisotopic (exact) mass is 389 g/mol. The van der Waals surface area contributed by atoms with E-state index in [1.54, 1.807) is 29.5 Å². The average molecular weight is 390 g/mol. The molecule has 4 nitrogen and oxygen atoms in total. The number of thiophene rings is 1. The zero-order valence-electron chi connectivity index (χ0n) is 14.6. The number of sulfone groups is 1. The summed E-state index contributed by atoms with van der Waals surface area (Å²) < 4.78 is 24.8. The van der Waals surface area contributed by atoms with E-state index >= 15 is 0 Å². The molecule has 6 heteroatoms. The second-order valence-corrected chi connectivity index (χ2v) is 10.0. The molecule has 0 radical (unpaired) electrons. The lowest BCUT2D eigenvalue weighted by atomic mass is 9.90. The quantitative estimate of drug-likeness (QED) is 0.783. The maximum absolute atomic E-state index is 13.6. The number of rotatable bonds is 3. The largest absolute Gasteiger partial charge is 0.308 e. The summed E-state index contributed by atoms with van der Waals surface area (Å²) in [5, 5.41) is 4.02. The second kappa shape index (κ2) is 7.16. The van der Waals surface area contributed by atoms with Gasteiger partial charge in [0.05, 0.1) is 22.3 Å². The highest BCUT2D eigenvalue weighted by atomic mass is 32.2. The molecule has 138 valence electrons. The molecule has 1 unspecified atom stereocenters. The normalized spacial score (nSPS) is 22.5. The lowest BCUT2D eigenvalue weighted by Gasteiger charge is -2.37. The van der Waals surface area contributed by atoms with Crippen LogP contribution in [0.5, 0.6) is 0 Å². The summed E-state index contributed by atoms with van der Waals surface area (Å²) in [6.07, 6.45) is 5.93. The average Bonchev–Trinajstić information content (AvgIpc) is 3.17. The number of carbonyl (C=O) groups is 1. The van der Waals surface area contributed by atoms with Crippen LogP contribution >= 0.6 is 11.3 Å². The Bertz CT molecular complexity index is 884. The molecule has 4 rings (SSSR count). The molecular weight excluding hydrogens is 366 g/mol. The van der Waals surface area contributed by atoms with Crippen LogP contribution in [0, 0.1) is 0 Å². The van der Waals surface area contributed by atoms with Crippen LogP contribution in [0.25, 0.3) is 0 Å². The van der Waals surface area contributed by atoms with E-state index in [0.29, 0.717) is 16.9 Å². The van der Waals surface area contributed by atoms with Crippen LogP contribution in [-0.4, -0.2) is 26.1 Å². The van der Waals surface area contributed by atoms with Gasteiger partial charge in [-0.1, -0.05) is 37.5 Å². The molecular formula is C20H23NO3S2. The predicted molar refractivity (Wildman–Crippen MR) is 105 cm³/mol. The van der Waals surface area contributed by atoms with Crippen molar-refractivity contribution in [3.63, 3.8) is 0 Å². The van der Waals surface area contributed by atoms with E-state index in [0.717, 1.165) is 31.4 Å². The fourth-order valence-corrected chi connectivity index (χ4v) is 6.52. The van der Waals surface area contributed by atoms with Gasteiger partial charge in [-0.15, -0.1) is 0 Å². The van der Waals surface area contributed by atoms with Crippen molar-refractivity contribution in [1.82, 2.24) is 0 Å². The predicted octanol–water partition coefficient (Wildman–Crippen LogP) is 4.38. The highest BCUT2D eigenvalue weighted by molar-refractivity contribution is 7.91. The van der Waals surface area contributed by atoms with Crippen molar-refractivity contribution in [3.8, 4) is 0 Å². The Labute approximate surface area is 158 Å². The van der Waals surface area contributed by atoms with Crippen molar-refractivity contribution in [1.29, 1.82) is 0 Å². The van der Waals surface area contributed by atoms with Crippen LogP contribution in [0.1, 0.15) is 50.0 Å². The first-order valence-electron chi connectivity index (χ1n) is 9.25. The first-order valence-corrected chi connectivity index (χ1v) is 11.8. The zero-order valence-corrected chi connectivity index (χ0v) is 16.3. The van der Waals surface area contributed by atoms with Gasteiger partial charge in [0.1, 0.15) is 0 Å². The van der Waals surface area contributed by atoms with Crippen LogP contribution in [0.15, 0.2) is 46.0 Å². The van der Waals surface area contributed by atoms with Gasteiger partial charge in [0.15, 0.2) is 9.84 Å². The minimum Gasteiger partial charge on any atom is -0.308 e. The SMILES string of the molecule is O=C(C1CCS(=O)(=O)c2ccccc21)N(c1ccsc1)C1CCCCC1. The minimum absolute atomic E-state index is 0.0442. The molecule has 0 saturated heterocycles. The molecule has 1 aliphatic heterocycles. The number of anilines is 1. The standard InChI is InChI=1S/C20H23NO3S2/c22-20(18-11-13-26(23,24)19-9-5-4-8-17(18)19)21(16-10-12-25-14-16)15-6-2-1-3-7-15/h4-5,8-10,12,14-15,18H,1-3,6-7,11,13H2. The van der Waals surface area contributed by atoms with Gasteiger partial charge in [-0.3, -0.25) is 4.79 Å². The summed E-state index contributed by atoms with van der Waals surface area (Å²) in [5.41, 5.74) is 1.62. The maximum Gasteiger partial charge on any atom is 0.234 e. The molecule has 1 fully saturated rings. The van der Waals surface area contributed by atoms with Crippen LogP contribution in [0.4, 0.5) is 5.69 Å². The second-order valence-electron chi connectivity index (χ2n) is 7.18. The van der Waals surface area contributed by atoms with Crippen molar-refractivity contribution in [2.24, 2.45) is 0 Å². The Balaban J connectivity index is 1.72. The summed E-state index contributed by atoms with van der Waals surface area (Å²) >= 11 is 1.59. The third-order valence-electron chi connectivity index (χ3n) is 5.56. The van der Waals surface area contributed by atoms with E-state index in [9.17, 15) is 13.2 Å². The third-order valence-corrected chi connectivity index (χ3v) is 8.05. The van der Waals surface area contributed by atoms with Crippen molar-refractivity contribution in [2.45, 2.75) is 55.4 Å². The number of hydrogen-bond acceptors (Lipinski definition) is 4. The molecule has 1 aliphatic carbocycles. The first-order chi connectivity index (χ1) is 12.6. The molecule has 26 heavy (non-hydrogen) atoms. The van der Waals surface area contributed by atoms with Gasteiger partial charge in [-0.25, -0.2) is 8.42 Å².